The number of rotatable bonds is 4. The van der Waals surface area contributed by atoms with Crippen molar-refractivity contribution in [3.63, 3.8) is 0 Å². The van der Waals surface area contributed by atoms with Crippen LogP contribution in [0.15, 0.2) is 59.0 Å². The van der Waals surface area contributed by atoms with Crippen molar-refractivity contribution < 1.29 is 9.15 Å². The molecule has 0 fully saturated rings. The van der Waals surface area contributed by atoms with Crippen molar-refractivity contribution in [3.05, 3.63) is 60.3 Å². The fourth-order valence-corrected chi connectivity index (χ4v) is 2.65. The van der Waals surface area contributed by atoms with E-state index in [1.165, 1.54) is 0 Å². The van der Waals surface area contributed by atoms with E-state index in [1.54, 1.807) is 7.11 Å². The summed E-state index contributed by atoms with van der Waals surface area (Å²) in [4.78, 5) is 4.62. The van der Waals surface area contributed by atoms with Gasteiger partial charge in [-0.05, 0) is 18.2 Å². The fraction of sp³-hybridized carbons (Fsp3) is 0.118. The Morgan fingerprint density at radius 3 is 2.52 bits per heavy atom. The number of benzene rings is 2. The van der Waals surface area contributed by atoms with Gasteiger partial charge in [0.05, 0.1) is 12.8 Å². The monoisotopic (exact) mass is 391 g/mol. The quantitative estimate of drug-likeness (QED) is 0.466. The van der Waals surface area contributed by atoms with Gasteiger partial charge in [-0.3, -0.25) is 0 Å². The molecule has 0 atom stereocenters. The number of oxazole rings is 1. The minimum absolute atomic E-state index is 0.624. The highest BCUT2D eigenvalue weighted by atomic mass is 127. The van der Waals surface area contributed by atoms with Crippen LogP contribution in [0.1, 0.15) is 5.69 Å². The van der Waals surface area contributed by atoms with E-state index in [0.29, 0.717) is 5.89 Å². The molecule has 1 aromatic heterocycles. The van der Waals surface area contributed by atoms with Crippen molar-refractivity contribution in [1.82, 2.24) is 4.98 Å². The van der Waals surface area contributed by atoms with Gasteiger partial charge in [0.15, 0.2) is 5.76 Å². The predicted octanol–water partition coefficient (Wildman–Crippen LogP) is 4.95. The van der Waals surface area contributed by atoms with Gasteiger partial charge in [-0.2, -0.15) is 0 Å². The maximum atomic E-state index is 6.01. The molecule has 106 valence electrons. The molecule has 0 unspecified atom stereocenters. The first-order valence-electron chi connectivity index (χ1n) is 6.57. The minimum Gasteiger partial charge on any atom is -0.497 e. The third kappa shape index (κ3) is 2.95. The smallest absolute Gasteiger partial charge is 0.227 e. The van der Waals surface area contributed by atoms with Crippen LogP contribution < -0.4 is 4.74 Å². The van der Waals surface area contributed by atoms with Gasteiger partial charge in [-0.15, -0.1) is 0 Å². The number of halogens is 1. The minimum atomic E-state index is 0.624. The van der Waals surface area contributed by atoms with Crippen LogP contribution in [0.4, 0.5) is 0 Å². The average Bonchev–Trinajstić information content (AvgIpc) is 3.00. The fourth-order valence-electron chi connectivity index (χ4n) is 2.14. The van der Waals surface area contributed by atoms with E-state index in [1.807, 2.05) is 54.6 Å². The second-order valence-electron chi connectivity index (χ2n) is 4.53. The lowest BCUT2D eigenvalue weighted by Gasteiger charge is -2.00. The first-order chi connectivity index (χ1) is 10.3. The van der Waals surface area contributed by atoms with Gasteiger partial charge in [0.1, 0.15) is 5.75 Å². The molecule has 0 bridgehead atoms. The van der Waals surface area contributed by atoms with E-state index < -0.39 is 0 Å². The molecule has 21 heavy (non-hydrogen) atoms. The highest BCUT2D eigenvalue weighted by Crippen LogP contribution is 2.32. The standard InChI is InChI=1S/C17H14INO2/c1-20-14-9-5-8-13(10-14)17-19-15(11-18)16(21-17)12-6-3-2-4-7-12/h2-10H,11H2,1H3. The molecule has 3 aromatic rings. The second-order valence-corrected chi connectivity index (χ2v) is 5.29. The van der Waals surface area contributed by atoms with Crippen LogP contribution >= 0.6 is 22.6 Å². The van der Waals surface area contributed by atoms with Gasteiger partial charge >= 0.3 is 0 Å². The number of methoxy groups -OCH3 is 1. The Labute approximate surface area is 137 Å². The summed E-state index contributed by atoms with van der Waals surface area (Å²) in [7, 11) is 1.65. The summed E-state index contributed by atoms with van der Waals surface area (Å²) in [5.41, 5.74) is 2.92. The molecule has 4 heteroatoms. The molecule has 0 saturated carbocycles. The molecule has 0 amide bonds. The lowest BCUT2D eigenvalue weighted by Crippen LogP contribution is -1.84. The molecule has 0 saturated heterocycles. The molecule has 3 nitrogen and oxygen atoms in total. The molecule has 0 aliphatic carbocycles. The van der Waals surface area contributed by atoms with Gasteiger partial charge in [0, 0.05) is 15.6 Å². The van der Waals surface area contributed by atoms with Gasteiger partial charge < -0.3 is 9.15 Å². The van der Waals surface area contributed by atoms with Crippen LogP contribution in [-0.2, 0) is 4.43 Å². The van der Waals surface area contributed by atoms with Crippen LogP contribution in [0.2, 0.25) is 0 Å². The second kappa shape index (κ2) is 6.30. The molecule has 0 aliphatic heterocycles. The Kier molecular flexibility index (Phi) is 4.24. The number of aromatic nitrogens is 1. The number of alkyl halides is 1. The van der Waals surface area contributed by atoms with E-state index in [9.17, 15) is 0 Å². The summed E-state index contributed by atoms with van der Waals surface area (Å²) in [6.07, 6.45) is 0. The maximum Gasteiger partial charge on any atom is 0.227 e. The Hall–Kier alpha value is -1.82. The molecule has 1 heterocycles. The normalized spacial score (nSPS) is 10.6. The Bertz CT molecular complexity index is 738. The molecule has 0 spiro atoms. The third-order valence-electron chi connectivity index (χ3n) is 3.18. The average molecular weight is 391 g/mol. The van der Waals surface area contributed by atoms with Gasteiger partial charge in [-0.25, -0.2) is 4.98 Å². The molecule has 2 aromatic carbocycles. The van der Waals surface area contributed by atoms with Crippen molar-refractivity contribution in [2.45, 2.75) is 4.43 Å². The first kappa shape index (κ1) is 14.1. The van der Waals surface area contributed by atoms with E-state index >= 15 is 0 Å². The van der Waals surface area contributed by atoms with Crippen LogP contribution in [0.5, 0.6) is 5.75 Å². The molecule has 0 aliphatic rings. The summed E-state index contributed by atoms with van der Waals surface area (Å²) < 4.78 is 12.1. The molecule has 0 radical (unpaired) electrons. The molecular weight excluding hydrogens is 377 g/mol. The molecular formula is C17H14INO2. The van der Waals surface area contributed by atoms with E-state index in [-0.39, 0.29) is 0 Å². The van der Waals surface area contributed by atoms with E-state index in [4.69, 9.17) is 9.15 Å². The van der Waals surface area contributed by atoms with E-state index in [2.05, 4.69) is 27.6 Å². The Morgan fingerprint density at radius 2 is 1.81 bits per heavy atom. The van der Waals surface area contributed by atoms with Crippen molar-refractivity contribution in [3.8, 4) is 28.5 Å². The number of ether oxygens (including phenoxy) is 1. The summed E-state index contributed by atoms with van der Waals surface area (Å²) in [5, 5.41) is 0. The van der Waals surface area contributed by atoms with Crippen LogP contribution in [0.3, 0.4) is 0 Å². The van der Waals surface area contributed by atoms with Crippen molar-refractivity contribution in [2.75, 3.05) is 7.11 Å². The van der Waals surface area contributed by atoms with Crippen LogP contribution in [-0.4, -0.2) is 12.1 Å². The SMILES string of the molecule is COc1cccc(-c2nc(CI)c(-c3ccccc3)o2)c1. The molecule has 3 rings (SSSR count). The highest BCUT2D eigenvalue weighted by Gasteiger charge is 2.15. The largest absolute Gasteiger partial charge is 0.497 e. The van der Waals surface area contributed by atoms with Gasteiger partial charge in [-0.1, -0.05) is 59.0 Å². The van der Waals surface area contributed by atoms with Gasteiger partial charge in [0.2, 0.25) is 5.89 Å². The maximum absolute atomic E-state index is 6.01. The lowest BCUT2D eigenvalue weighted by molar-refractivity contribution is 0.415. The lowest BCUT2D eigenvalue weighted by atomic mass is 10.1. The first-order valence-corrected chi connectivity index (χ1v) is 8.10. The summed E-state index contributed by atoms with van der Waals surface area (Å²) in [5.74, 6) is 2.25. The van der Waals surface area contributed by atoms with Gasteiger partial charge in [0.25, 0.3) is 0 Å². The highest BCUT2D eigenvalue weighted by molar-refractivity contribution is 14.1. The summed E-state index contributed by atoms with van der Waals surface area (Å²) in [6.45, 7) is 0. The number of hydrogen-bond acceptors (Lipinski definition) is 3. The zero-order valence-electron chi connectivity index (χ0n) is 11.5. The van der Waals surface area contributed by atoms with E-state index in [0.717, 1.165) is 32.8 Å². The van der Waals surface area contributed by atoms with Crippen LogP contribution in [0, 0.1) is 0 Å². The predicted molar refractivity (Wildman–Crippen MR) is 91.7 cm³/mol. The van der Waals surface area contributed by atoms with Crippen LogP contribution in [0.25, 0.3) is 22.8 Å². The molecule has 0 N–H and O–H groups in total. The Morgan fingerprint density at radius 1 is 1.05 bits per heavy atom. The topological polar surface area (TPSA) is 35.3 Å². The summed E-state index contributed by atoms with van der Waals surface area (Å²) in [6, 6.07) is 17.8. The number of nitrogens with zero attached hydrogens (tertiary/aromatic N) is 1. The van der Waals surface area contributed by atoms with Crippen molar-refractivity contribution in [2.24, 2.45) is 0 Å². The zero-order chi connectivity index (χ0) is 14.7. The van der Waals surface area contributed by atoms with Crippen molar-refractivity contribution in [1.29, 1.82) is 0 Å². The zero-order valence-corrected chi connectivity index (χ0v) is 13.7. The van der Waals surface area contributed by atoms with Crippen molar-refractivity contribution >= 4 is 22.6 Å². The third-order valence-corrected chi connectivity index (χ3v) is 3.90. The number of hydrogen-bond donors (Lipinski definition) is 0. The summed E-state index contributed by atoms with van der Waals surface area (Å²) >= 11 is 2.31. The Balaban J connectivity index is 2.07.